The Labute approximate surface area is 139 Å². The van der Waals surface area contributed by atoms with Crippen LogP contribution >= 0.6 is 0 Å². The van der Waals surface area contributed by atoms with E-state index in [1.165, 1.54) is 6.33 Å². The van der Waals surface area contributed by atoms with Gasteiger partial charge in [0.25, 0.3) is 0 Å². The van der Waals surface area contributed by atoms with Crippen molar-refractivity contribution in [2.75, 3.05) is 36.0 Å². The Morgan fingerprint density at radius 3 is 2.88 bits per heavy atom. The molecule has 0 aliphatic carbocycles. The molecule has 1 aromatic heterocycles. The fourth-order valence-corrected chi connectivity index (χ4v) is 3.05. The first-order valence-electron chi connectivity index (χ1n) is 7.88. The lowest BCUT2D eigenvalue weighted by Gasteiger charge is -2.23. The van der Waals surface area contributed by atoms with Crippen LogP contribution in [0, 0.1) is 10.1 Å². The monoisotopic (exact) mass is 329 g/mol. The maximum atomic E-state index is 11.7. The molecule has 0 amide bonds. The first-order chi connectivity index (χ1) is 11.7. The van der Waals surface area contributed by atoms with Crippen LogP contribution in [0.3, 0.4) is 0 Å². The van der Waals surface area contributed by atoms with Crippen molar-refractivity contribution < 1.29 is 10.0 Å². The van der Waals surface area contributed by atoms with Crippen molar-refractivity contribution in [2.45, 2.75) is 13.3 Å². The van der Waals surface area contributed by atoms with Crippen LogP contribution in [0.5, 0.6) is 0 Å². The minimum atomic E-state index is -0.439. The topological polar surface area (TPSA) is 95.6 Å². The molecule has 1 N–H and O–H groups in total. The van der Waals surface area contributed by atoms with E-state index in [2.05, 4.69) is 9.97 Å². The number of anilines is 3. The van der Waals surface area contributed by atoms with Gasteiger partial charge in [0.1, 0.15) is 6.33 Å². The van der Waals surface area contributed by atoms with Crippen LogP contribution < -0.4 is 9.80 Å². The molecule has 8 heteroatoms. The molecule has 126 valence electrons. The van der Waals surface area contributed by atoms with Crippen molar-refractivity contribution in [3.63, 3.8) is 0 Å². The van der Waals surface area contributed by atoms with Gasteiger partial charge in [-0.3, -0.25) is 10.1 Å². The lowest BCUT2D eigenvalue weighted by molar-refractivity contribution is -0.383. The van der Waals surface area contributed by atoms with Crippen LogP contribution in [0.4, 0.5) is 23.0 Å². The van der Waals surface area contributed by atoms with Gasteiger partial charge in [-0.1, -0.05) is 18.2 Å². The van der Waals surface area contributed by atoms with Crippen LogP contribution in [-0.2, 0) is 6.42 Å². The second-order valence-corrected chi connectivity index (χ2v) is 5.46. The molecule has 3 rings (SSSR count). The van der Waals surface area contributed by atoms with Gasteiger partial charge in [-0.25, -0.2) is 9.97 Å². The molecule has 0 unspecified atom stereocenters. The SMILES string of the molecule is CCN(CCO)c1ncnc(N2CCc3ccccc32)c1[N+](=O)[O-]. The van der Waals surface area contributed by atoms with E-state index in [0.29, 0.717) is 18.9 Å². The lowest BCUT2D eigenvalue weighted by Crippen LogP contribution is -2.29. The van der Waals surface area contributed by atoms with E-state index < -0.39 is 4.92 Å². The number of nitro groups is 1. The van der Waals surface area contributed by atoms with Crippen molar-refractivity contribution in [1.29, 1.82) is 0 Å². The second kappa shape index (κ2) is 6.79. The van der Waals surface area contributed by atoms with Gasteiger partial charge in [-0.05, 0) is 25.0 Å². The highest BCUT2D eigenvalue weighted by Gasteiger charge is 2.32. The highest BCUT2D eigenvalue weighted by atomic mass is 16.6. The van der Waals surface area contributed by atoms with Crippen LogP contribution in [0.2, 0.25) is 0 Å². The van der Waals surface area contributed by atoms with Crippen LogP contribution in [0.1, 0.15) is 12.5 Å². The van der Waals surface area contributed by atoms with E-state index >= 15 is 0 Å². The molecular weight excluding hydrogens is 310 g/mol. The van der Waals surface area contributed by atoms with E-state index in [1.807, 2.05) is 36.1 Å². The van der Waals surface area contributed by atoms with E-state index in [-0.39, 0.29) is 24.7 Å². The van der Waals surface area contributed by atoms with Crippen LogP contribution in [0.25, 0.3) is 0 Å². The Morgan fingerprint density at radius 1 is 1.38 bits per heavy atom. The van der Waals surface area contributed by atoms with Crippen molar-refractivity contribution in [3.05, 3.63) is 46.3 Å². The highest BCUT2D eigenvalue weighted by molar-refractivity contribution is 5.78. The van der Waals surface area contributed by atoms with Gasteiger partial charge in [0, 0.05) is 25.3 Å². The highest BCUT2D eigenvalue weighted by Crippen LogP contribution is 2.40. The standard InChI is InChI=1S/C16H19N5O3/c1-2-19(9-10-22)15-14(21(23)24)16(18-11-17-15)20-8-7-12-5-3-4-6-13(12)20/h3-6,11,22H,2,7-10H2,1H3. The van der Waals surface area contributed by atoms with Crippen molar-refractivity contribution in [2.24, 2.45) is 0 Å². The molecule has 2 heterocycles. The molecule has 0 fully saturated rings. The van der Waals surface area contributed by atoms with Gasteiger partial charge in [-0.2, -0.15) is 0 Å². The summed E-state index contributed by atoms with van der Waals surface area (Å²) >= 11 is 0. The summed E-state index contributed by atoms with van der Waals surface area (Å²) < 4.78 is 0. The van der Waals surface area contributed by atoms with Gasteiger partial charge in [-0.15, -0.1) is 0 Å². The van der Waals surface area contributed by atoms with Crippen LogP contribution in [0.15, 0.2) is 30.6 Å². The molecule has 1 aliphatic heterocycles. The van der Waals surface area contributed by atoms with Crippen molar-refractivity contribution in [1.82, 2.24) is 9.97 Å². The molecule has 0 saturated heterocycles. The maximum absolute atomic E-state index is 11.7. The third-order valence-electron chi connectivity index (χ3n) is 4.16. The number of aliphatic hydroxyl groups is 1. The smallest absolute Gasteiger partial charge is 0.353 e. The molecule has 1 aromatic carbocycles. The van der Waals surface area contributed by atoms with Gasteiger partial charge in [0.05, 0.1) is 11.5 Å². The Morgan fingerprint density at radius 2 is 2.17 bits per heavy atom. The average molecular weight is 329 g/mol. The quantitative estimate of drug-likeness (QED) is 0.638. The van der Waals surface area contributed by atoms with E-state index in [0.717, 1.165) is 17.7 Å². The third-order valence-corrected chi connectivity index (χ3v) is 4.16. The fourth-order valence-electron chi connectivity index (χ4n) is 3.05. The van der Waals surface area contributed by atoms with Gasteiger partial charge >= 0.3 is 5.69 Å². The van der Waals surface area contributed by atoms with Gasteiger partial charge in [0.15, 0.2) is 0 Å². The number of hydrogen-bond acceptors (Lipinski definition) is 7. The number of para-hydroxylation sites is 1. The summed E-state index contributed by atoms with van der Waals surface area (Å²) in [6.07, 6.45) is 2.17. The van der Waals surface area contributed by atoms with Gasteiger partial charge in [0.2, 0.25) is 11.6 Å². The molecule has 0 radical (unpaired) electrons. The summed E-state index contributed by atoms with van der Waals surface area (Å²) in [6.45, 7) is 3.20. The number of aromatic nitrogens is 2. The molecule has 24 heavy (non-hydrogen) atoms. The minimum Gasteiger partial charge on any atom is -0.395 e. The second-order valence-electron chi connectivity index (χ2n) is 5.46. The number of fused-ring (bicyclic) bond motifs is 1. The lowest BCUT2D eigenvalue weighted by atomic mass is 10.2. The zero-order valence-corrected chi connectivity index (χ0v) is 13.4. The van der Waals surface area contributed by atoms with Crippen LogP contribution in [-0.4, -0.2) is 46.2 Å². The zero-order chi connectivity index (χ0) is 17.1. The molecule has 2 aromatic rings. The van der Waals surface area contributed by atoms with Crippen molar-refractivity contribution >= 4 is 23.0 Å². The van der Waals surface area contributed by atoms with E-state index in [1.54, 1.807) is 4.90 Å². The number of rotatable bonds is 6. The zero-order valence-electron chi connectivity index (χ0n) is 13.4. The predicted molar refractivity (Wildman–Crippen MR) is 90.8 cm³/mol. The first-order valence-corrected chi connectivity index (χ1v) is 7.88. The molecular formula is C16H19N5O3. The summed E-state index contributed by atoms with van der Waals surface area (Å²) in [5.41, 5.74) is 1.97. The molecule has 1 aliphatic rings. The molecule has 0 spiro atoms. The number of benzene rings is 1. The molecule has 8 nitrogen and oxygen atoms in total. The third kappa shape index (κ3) is 2.76. The fraction of sp³-hybridized carbons (Fsp3) is 0.375. The molecule has 0 saturated carbocycles. The predicted octanol–water partition coefficient (Wildman–Crippen LogP) is 1.90. The number of hydrogen-bond donors (Lipinski definition) is 1. The maximum Gasteiger partial charge on any atom is 0.353 e. The average Bonchev–Trinajstić information content (AvgIpc) is 3.03. The van der Waals surface area contributed by atoms with Gasteiger partial charge < -0.3 is 14.9 Å². The minimum absolute atomic E-state index is 0.100. The Balaban J connectivity index is 2.11. The normalized spacial score (nSPS) is 13.0. The first kappa shape index (κ1) is 16.1. The Bertz CT molecular complexity index is 752. The summed E-state index contributed by atoms with van der Waals surface area (Å²) in [6, 6.07) is 7.84. The number of aliphatic hydroxyl groups excluding tert-OH is 1. The van der Waals surface area contributed by atoms with Crippen molar-refractivity contribution in [3.8, 4) is 0 Å². The van der Waals surface area contributed by atoms with E-state index in [4.69, 9.17) is 0 Å². The summed E-state index contributed by atoms with van der Waals surface area (Å²) in [7, 11) is 0. The molecule has 0 bridgehead atoms. The van der Waals surface area contributed by atoms with E-state index in [9.17, 15) is 15.2 Å². The number of nitrogens with zero attached hydrogens (tertiary/aromatic N) is 5. The summed E-state index contributed by atoms with van der Waals surface area (Å²) in [4.78, 5) is 23.2. The Kier molecular flexibility index (Phi) is 4.57. The molecule has 0 atom stereocenters. The summed E-state index contributed by atoms with van der Waals surface area (Å²) in [5.74, 6) is 0.539. The number of likely N-dealkylation sites (N-methyl/N-ethyl adjacent to an activating group) is 1. The largest absolute Gasteiger partial charge is 0.395 e. The summed E-state index contributed by atoms with van der Waals surface area (Å²) in [5, 5.41) is 20.9. The Hall–Kier alpha value is -2.74.